The number of thioether (sulfide) groups is 1. The van der Waals surface area contributed by atoms with Crippen molar-refractivity contribution < 1.29 is 14.1 Å². The molecular weight excluding hydrogens is 426 g/mol. The van der Waals surface area contributed by atoms with Gasteiger partial charge in [-0.1, -0.05) is 37.3 Å². The number of amidine groups is 1. The quantitative estimate of drug-likeness (QED) is 0.273. The highest BCUT2D eigenvalue weighted by Crippen LogP contribution is 2.36. The average molecular weight is 448 g/mol. The number of hydrogen-bond donors (Lipinski definition) is 0. The van der Waals surface area contributed by atoms with Crippen LogP contribution in [0.5, 0.6) is 0 Å². The molecule has 2 heterocycles. The molecule has 1 saturated heterocycles. The summed E-state index contributed by atoms with van der Waals surface area (Å²) in [6.45, 7) is 3.76. The number of likely N-dealkylation sites (N-methyl/N-ethyl adjacent to an activating group) is 1. The van der Waals surface area contributed by atoms with E-state index in [1.54, 1.807) is 44.3 Å². The summed E-state index contributed by atoms with van der Waals surface area (Å²) in [5.41, 5.74) is 3.17. The number of carbonyl (C=O) groups is 1. The molecule has 0 radical (unpaired) electrons. The molecule has 8 heteroatoms. The van der Waals surface area contributed by atoms with Crippen molar-refractivity contribution >= 4 is 40.3 Å². The van der Waals surface area contributed by atoms with Crippen molar-refractivity contribution in [2.45, 2.75) is 20.3 Å². The molecule has 0 N–H and O–H groups in total. The van der Waals surface area contributed by atoms with Gasteiger partial charge in [-0.05, 0) is 48.9 Å². The van der Waals surface area contributed by atoms with E-state index in [1.165, 1.54) is 22.7 Å². The van der Waals surface area contributed by atoms with E-state index < -0.39 is 4.92 Å². The minimum atomic E-state index is -0.411. The second-order valence-corrected chi connectivity index (χ2v) is 8.27. The number of hydrogen-bond acceptors (Lipinski definition) is 6. The van der Waals surface area contributed by atoms with E-state index in [4.69, 9.17) is 9.41 Å². The van der Waals surface area contributed by atoms with Crippen LogP contribution in [-0.2, 0) is 11.2 Å². The first-order valence-electron chi connectivity index (χ1n) is 10.1. The van der Waals surface area contributed by atoms with Crippen LogP contribution in [0.15, 0.2) is 68.9 Å². The summed E-state index contributed by atoms with van der Waals surface area (Å²) in [7, 11) is 1.70. The molecule has 0 spiro atoms. The fraction of sp³-hybridized carbons (Fsp3) is 0.167. The summed E-state index contributed by atoms with van der Waals surface area (Å²) < 4.78 is 5.90. The first-order chi connectivity index (χ1) is 15.4. The maximum atomic E-state index is 12.8. The van der Waals surface area contributed by atoms with Crippen LogP contribution in [0.3, 0.4) is 0 Å². The van der Waals surface area contributed by atoms with Crippen LogP contribution >= 0.6 is 11.8 Å². The summed E-state index contributed by atoms with van der Waals surface area (Å²) in [5.74, 6) is 0.838. The molecule has 4 rings (SSSR count). The van der Waals surface area contributed by atoms with Crippen molar-refractivity contribution in [3.63, 3.8) is 0 Å². The third kappa shape index (κ3) is 4.09. The van der Waals surface area contributed by atoms with E-state index in [1.807, 2.05) is 24.3 Å². The molecule has 0 saturated carbocycles. The molecule has 3 aromatic rings. The minimum absolute atomic E-state index is 0.0372. The molecule has 1 aliphatic rings. The zero-order valence-corrected chi connectivity index (χ0v) is 18.7. The Morgan fingerprint density at radius 2 is 1.94 bits per heavy atom. The van der Waals surface area contributed by atoms with Crippen LogP contribution in [-0.4, -0.2) is 27.9 Å². The molecule has 1 aromatic heterocycles. The highest BCUT2D eigenvalue weighted by molar-refractivity contribution is 8.18. The third-order valence-electron chi connectivity index (χ3n) is 5.26. The number of amides is 1. The van der Waals surface area contributed by atoms with Gasteiger partial charge in [-0.3, -0.25) is 19.8 Å². The number of furan rings is 1. The van der Waals surface area contributed by atoms with Crippen molar-refractivity contribution in [3.8, 4) is 11.3 Å². The number of carbonyl (C=O) groups excluding carboxylic acids is 1. The SMILES string of the molecule is CCc1ccccc1N=C1S/C(=C/c2ccc(-c3cccc([N+](=O)[O-])c3C)o2)C(=O)N1C. The van der Waals surface area contributed by atoms with E-state index >= 15 is 0 Å². The molecule has 1 fully saturated rings. The molecule has 162 valence electrons. The maximum absolute atomic E-state index is 12.8. The van der Waals surface area contributed by atoms with Gasteiger partial charge in [0.25, 0.3) is 11.6 Å². The van der Waals surface area contributed by atoms with E-state index in [2.05, 4.69) is 6.92 Å². The molecule has 2 aromatic carbocycles. The third-order valence-corrected chi connectivity index (χ3v) is 6.32. The summed E-state index contributed by atoms with van der Waals surface area (Å²) in [6.07, 6.45) is 2.53. The minimum Gasteiger partial charge on any atom is -0.457 e. The highest BCUT2D eigenvalue weighted by Gasteiger charge is 2.31. The number of nitrogens with zero attached hydrogens (tertiary/aromatic N) is 3. The molecule has 7 nitrogen and oxygen atoms in total. The zero-order valence-electron chi connectivity index (χ0n) is 17.9. The standard InChI is InChI=1S/C24H21N3O4S/c1-4-16-8-5-6-10-19(16)25-24-26(3)23(28)22(32-24)14-17-12-13-21(31-17)18-9-7-11-20(15(18)2)27(29)30/h5-14H,4H2,1-3H3/b22-14+,25-24?. The monoisotopic (exact) mass is 447 g/mol. The molecule has 0 aliphatic carbocycles. The van der Waals surface area contributed by atoms with Crippen LogP contribution in [0.1, 0.15) is 23.8 Å². The van der Waals surface area contributed by atoms with Crippen molar-refractivity contribution in [3.05, 3.63) is 86.5 Å². The molecule has 32 heavy (non-hydrogen) atoms. The summed E-state index contributed by atoms with van der Waals surface area (Å²) in [6, 6.07) is 16.2. The van der Waals surface area contributed by atoms with Gasteiger partial charge in [0, 0.05) is 30.3 Å². The molecule has 0 atom stereocenters. The molecule has 0 bridgehead atoms. The Bertz CT molecular complexity index is 1280. The smallest absolute Gasteiger partial charge is 0.273 e. The second-order valence-electron chi connectivity index (χ2n) is 7.26. The topological polar surface area (TPSA) is 89.0 Å². The normalized spacial score (nSPS) is 16.3. The number of nitro groups is 1. The maximum Gasteiger partial charge on any atom is 0.273 e. The van der Waals surface area contributed by atoms with Crippen molar-refractivity contribution in [2.75, 3.05) is 7.05 Å². The fourth-order valence-electron chi connectivity index (χ4n) is 3.47. The largest absolute Gasteiger partial charge is 0.457 e. The Morgan fingerprint density at radius 1 is 1.16 bits per heavy atom. The van der Waals surface area contributed by atoms with Crippen LogP contribution in [0, 0.1) is 17.0 Å². The number of nitro benzene ring substituents is 1. The predicted octanol–water partition coefficient (Wildman–Crippen LogP) is 5.96. The van der Waals surface area contributed by atoms with Gasteiger partial charge < -0.3 is 4.42 Å². The van der Waals surface area contributed by atoms with Gasteiger partial charge in [-0.15, -0.1) is 0 Å². The molecule has 0 unspecified atom stereocenters. The molecule has 1 amide bonds. The van der Waals surface area contributed by atoms with E-state index in [0.717, 1.165) is 17.7 Å². The first kappa shape index (κ1) is 21.6. The van der Waals surface area contributed by atoms with E-state index in [-0.39, 0.29) is 11.6 Å². The summed E-state index contributed by atoms with van der Waals surface area (Å²) in [4.78, 5) is 30.3. The number of benzene rings is 2. The van der Waals surface area contributed by atoms with E-state index in [0.29, 0.717) is 32.7 Å². The van der Waals surface area contributed by atoms with Gasteiger partial charge in [0.05, 0.1) is 15.5 Å². The highest BCUT2D eigenvalue weighted by atomic mass is 32.2. The van der Waals surface area contributed by atoms with Crippen LogP contribution in [0.25, 0.3) is 17.4 Å². The van der Waals surface area contributed by atoms with Crippen LogP contribution in [0.2, 0.25) is 0 Å². The van der Waals surface area contributed by atoms with Gasteiger partial charge in [0.2, 0.25) is 0 Å². The first-order valence-corrected chi connectivity index (χ1v) is 10.9. The fourth-order valence-corrected chi connectivity index (χ4v) is 4.43. The van der Waals surface area contributed by atoms with Crippen molar-refractivity contribution in [1.82, 2.24) is 4.90 Å². The Hall–Kier alpha value is -3.65. The number of aryl methyl sites for hydroxylation is 1. The lowest BCUT2D eigenvalue weighted by Crippen LogP contribution is -2.23. The number of rotatable bonds is 5. The molecule has 1 aliphatic heterocycles. The van der Waals surface area contributed by atoms with Crippen molar-refractivity contribution in [2.24, 2.45) is 4.99 Å². The Balaban J connectivity index is 1.63. The zero-order chi connectivity index (χ0) is 22.8. The Labute approximate surface area is 189 Å². The lowest BCUT2D eigenvalue weighted by Gasteiger charge is -2.08. The van der Waals surface area contributed by atoms with Gasteiger partial charge >= 0.3 is 0 Å². The van der Waals surface area contributed by atoms with Crippen LogP contribution in [0.4, 0.5) is 11.4 Å². The predicted molar refractivity (Wildman–Crippen MR) is 127 cm³/mol. The van der Waals surface area contributed by atoms with Gasteiger partial charge in [0.1, 0.15) is 11.5 Å². The van der Waals surface area contributed by atoms with Crippen LogP contribution < -0.4 is 0 Å². The molecular formula is C24H21N3O4S. The summed E-state index contributed by atoms with van der Waals surface area (Å²) >= 11 is 1.29. The van der Waals surface area contributed by atoms with E-state index in [9.17, 15) is 14.9 Å². The van der Waals surface area contributed by atoms with Crippen molar-refractivity contribution in [1.29, 1.82) is 0 Å². The number of para-hydroxylation sites is 1. The van der Waals surface area contributed by atoms with Gasteiger partial charge in [-0.25, -0.2) is 4.99 Å². The lowest BCUT2D eigenvalue weighted by molar-refractivity contribution is -0.385. The number of aliphatic imine (C=N–C) groups is 1. The second kappa shape index (κ2) is 8.84. The summed E-state index contributed by atoms with van der Waals surface area (Å²) in [5, 5.41) is 11.8. The van der Waals surface area contributed by atoms with Gasteiger partial charge in [-0.2, -0.15) is 0 Å². The lowest BCUT2D eigenvalue weighted by atomic mass is 10.1. The Kier molecular flexibility index (Phi) is 5.96. The van der Waals surface area contributed by atoms with Gasteiger partial charge in [0.15, 0.2) is 5.17 Å². The Morgan fingerprint density at radius 3 is 2.69 bits per heavy atom. The average Bonchev–Trinajstić information content (AvgIpc) is 3.35.